The molecular formula is C20H26N2O3S. The van der Waals surface area contributed by atoms with Gasteiger partial charge in [-0.3, -0.25) is 9.59 Å². The number of amides is 1. The molecule has 0 bridgehead atoms. The number of thiazole rings is 1. The quantitative estimate of drug-likeness (QED) is 0.748. The van der Waals surface area contributed by atoms with Crippen LogP contribution in [0, 0.1) is 13.8 Å². The third-order valence-corrected chi connectivity index (χ3v) is 4.62. The highest BCUT2D eigenvalue weighted by Crippen LogP contribution is 2.29. The molecule has 2 rings (SSSR count). The van der Waals surface area contributed by atoms with Crippen molar-refractivity contribution in [3.05, 3.63) is 39.7 Å². The van der Waals surface area contributed by atoms with Crippen LogP contribution in [0.25, 0.3) is 11.3 Å². The SMILES string of the molecule is Cc1ccc(-c2nc(C)sc2CC(=O)N(C)CC(=O)OC(C)(C)C)cc1. The first-order chi connectivity index (χ1) is 12.0. The van der Waals surface area contributed by atoms with Gasteiger partial charge < -0.3 is 9.64 Å². The zero-order valence-corrected chi connectivity index (χ0v) is 17.1. The lowest BCUT2D eigenvalue weighted by Gasteiger charge is -2.22. The van der Waals surface area contributed by atoms with Gasteiger partial charge in [-0.25, -0.2) is 4.98 Å². The molecule has 0 N–H and O–H groups in total. The van der Waals surface area contributed by atoms with Crippen molar-refractivity contribution in [1.82, 2.24) is 9.88 Å². The van der Waals surface area contributed by atoms with Crippen LogP contribution >= 0.6 is 11.3 Å². The average molecular weight is 375 g/mol. The number of hydrogen-bond donors (Lipinski definition) is 0. The zero-order valence-electron chi connectivity index (χ0n) is 16.3. The van der Waals surface area contributed by atoms with Crippen LogP contribution in [0.1, 0.15) is 36.2 Å². The Morgan fingerprint density at radius 2 is 1.77 bits per heavy atom. The first-order valence-electron chi connectivity index (χ1n) is 8.54. The Morgan fingerprint density at radius 1 is 1.15 bits per heavy atom. The predicted octanol–water partition coefficient (Wildman–Crippen LogP) is 3.77. The van der Waals surface area contributed by atoms with E-state index in [1.807, 2.05) is 38.1 Å². The largest absolute Gasteiger partial charge is 0.459 e. The van der Waals surface area contributed by atoms with Crippen LogP contribution in [0.4, 0.5) is 0 Å². The number of rotatable bonds is 5. The third kappa shape index (κ3) is 5.66. The molecule has 0 radical (unpaired) electrons. The van der Waals surface area contributed by atoms with Crippen molar-refractivity contribution in [2.75, 3.05) is 13.6 Å². The molecule has 0 atom stereocenters. The van der Waals surface area contributed by atoms with Crippen molar-refractivity contribution >= 4 is 23.2 Å². The molecule has 0 unspecified atom stereocenters. The fraction of sp³-hybridized carbons (Fsp3) is 0.450. The van der Waals surface area contributed by atoms with E-state index in [9.17, 15) is 9.59 Å². The van der Waals surface area contributed by atoms with E-state index in [-0.39, 0.29) is 18.9 Å². The molecule has 1 aromatic heterocycles. The molecule has 0 spiro atoms. The molecule has 26 heavy (non-hydrogen) atoms. The summed E-state index contributed by atoms with van der Waals surface area (Å²) in [6.45, 7) is 9.32. The summed E-state index contributed by atoms with van der Waals surface area (Å²) in [5, 5.41) is 0.915. The Balaban J connectivity index is 2.09. The van der Waals surface area contributed by atoms with Gasteiger partial charge in [0.15, 0.2) is 0 Å². The first-order valence-corrected chi connectivity index (χ1v) is 9.36. The minimum absolute atomic E-state index is 0.0618. The van der Waals surface area contributed by atoms with Crippen molar-refractivity contribution in [2.24, 2.45) is 0 Å². The van der Waals surface area contributed by atoms with Gasteiger partial charge in [0.2, 0.25) is 5.91 Å². The molecule has 6 heteroatoms. The summed E-state index contributed by atoms with van der Waals surface area (Å²) in [5.41, 5.74) is 2.45. The van der Waals surface area contributed by atoms with Crippen LogP contribution in [0.5, 0.6) is 0 Å². The van der Waals surface area contributed by atoms with Gasteiger partial charge in [-0.15, -0.1) is 11.3 Å². The van der Waals surface area contributed by atoms with Gasteiger partial charge in [-0.2, -0.15) is 0 Å². The molecule has 1 amide bonds. The van der Waals surface area contributed by atoms with E-state index < -0.39 is 11.6 Å². The van der Waals surface area contributed by atoms with E-state index in [0.29, 0.717) is 0 Å². The fourth-order valence-electron chi connectivity index (χ4n) is 2.45. The van der Waals surface area contributed by atoms with Crippen LogP contribution in [0.3, 0.4) is 0 Å². The Morgan fingerprint density at radius 3 is 2.35 bits per heavy atom. The summed E-state index contributed by atoms with van der Waals surface area (Å²) in [6, 6.07) is 8.10. The lowest BCUT2D eigenvalue weighted by molar-refractivity contribution is -0.158. The normalized spacial score (nSPS) is 11.3. The van der Waals surface area contributed by atoms with E-state index in [4.69, 9.17) is 4.74 Å². The number of benzene rings is 1. The first kappa shape index (κ1) is 20.1. The van der Waals surface area contributed by atoms with Crippen molar-refractivity contribution in [1.29, 1.82) is 0 Å². The molecule has 0 saturated carbocycles. The highest BCUT2D eigenvalue weighted by molar-refractivity contribution is 7.12. The summed E-state index contributed by atoms with van der Waals surface area (Å²) in [5.74, 6) is -0.541. The molecule has 2 aromatic rings. The Kier molecular flexibility index (Phi) is 6.18. The molecule has 0 aliphatic rings. The Labute approximate surface area is 159 Å². The second kappa shape index (κ2) is 7.99. The number of likely N-dealkylation sites (N-methyl/N-ethyl adjacent to an activating group) is 1. The zero-order chi connectivity index (χ0) is 19.5. The van der Waals surface area contributed by atoms with Crippen LogP contribution in [-0.2, 0) is 20.7 Å². The number of ether oxygens (including phenoxy) is 1. The third-order valence-electron chi connectivity index (χ3n) is 3.65. The van der Waals surface area contributed by atoms with Crippen LogP contribution in [0.15, 0.2) is 24.3 Å². The molecule has 0 aliphatic carbocycles. The summed E-state index contributed by atoms with van der Waals surface area (Å²) >= 11 is 1.51. The standard InChI is InChI=1S/C20H26N2O3S/c1-13-7-9-15(10-8-13)19-16(26-14(2)21-19)11-17(23)22(6)12-18(24)25-20(3,4)5/h7-10H,11-12H2,1-6H3. The summed E-state index contributed by atoms with van der Waals surface area (Å²) in [6.07, 6.45) is 0.216. The maximum atomic E-state index is 12.6. The van der Waals surface area contributed by atoms with Crippen molar-refractivity contribution in [3.8, 4) is 11.3 Å². The molecule has 140 valence electrons. The maximum absolute atomic E-state index is 12.6. The van der Waals surface area contributed by atoms with Gasteiger partial charge in [0.05, 0.1) is 17.1 Å². The van der Waals surface area contributed by atoms with Crippen molar-refractivity contribution in [3.63, 3.8) is 0 Å². The Bertz CT molecular complexity index is 788. The van der Waals surface area contributed by atoms with E-state index in [1.54, 1.807) is 27.8 Å². The maximum Gasteiger partial charge on any atom is 0.326 e. The molecule has 0 aliphatic heterocycles. The van der Waals surface area contributed by atoms with Gasteiger partial charge in [0.25, 0.3) is 0 Å². The minimum atomic E-state index is -0.561. The predicted molar refractivity (Wildman–Crippen MR) is 104 cm³/mol. The monoisotopic (exact) mass is 374 g/mol. The molecule has 5 nitrogen and oxygen atoms in total. The van der Waals surface area contributed by atoms with Crippen LogP contribution in [-0.4, -0.2) is 41.0 Å². The number of carbonyl (C=O) groups excluding carboxylic acids is 2. The van der Waals surface area contributed by atoms with Crippen LogP contribution in [0.2, 0.25) is 0 Å². The van der Waals surface area contributed by atoms with E-state index >= 15 is 0 Å². The van der Waals surface area contributed by atoms with Gasteiger partial charge >= 0.3 is 5.97 Å². The number of carbonyl (C=O) groups is 2. The van der Waals surface area contributed by atoms with E-state index in [2.05, 4.69) is 4.98 Å². The number of aryl methyl sites for hydroxylation is 2. The number of nitrogens with zero attached hydrogens (tertiary/aromatic N) is 2. The van der Waals surface area contributed by atoms with E-state index in [1.165, 1.54) is 21.8 Å². The smallest absolute Gasteiger partial charge is 0.326 e. The number of hydrogen-bond acceptors (Lipinski definition) is 5. The van der Waals surface area contributed by atoms with Crippen molar-refractivity contribution < 1.29 is 14.3 Å². The van der Waals surface area contributed by atoms with Crippen molar-refractivity contribution in [2.45, 2.75) is 46.6 Å². The highest BCUT2D eigenvalue weighted by atomic mass is 32.1. The lowest BCUT2D eigenvalue weighted by Crippen LogP contribution is -2.36. The second-order valence-electron chi connectivity index (χ2n) is 7.38. The Hall–Kier alpha value is -2.21. The topological polar surface area (TPSA) is 59.5 Å². The van der Waals surface area contributed by atoms with Gasteiger partial charge in [0.1, 0.15) is 12.1 Å². The summed E-state index contributed by atoms with van der Waals surface area (Å²) < 4.78 is 5.27. The van der Waals surface area contributed by atoms with Crippen LogP contribution < -0.4 is 0 Å². The summed E-state index contributed by atoms with van der Waals surface area (Å²) in [7, 11) is 1.62. The fourth-order valence-corrected chi connectivity index (χ4v) is 3.40. The highest BCUT2D eigenvalue weighted by Gasteiger charge is 2.22. The average Bonchev–Trinajstić information content (AvgIpc) is 2.86. The van der Waals surface area contributed by atoms with Gasteiger partial charge in [-0.1, -0.05) is 29.8 Å². The number of aromatic nitrogens is 1. The van der Waals surface area contributed by atoms with E-state index in [0.717, 1.165) is 21.1 Å². The van der Waals surface area contributed by atoms with Gasteiger partial charge in [-0.05, 0) is 34.6 Å². The van der Waals surface area contributed by atoms with Gasteiger partial charge in [0, 0.05) is 17.5 Å². The number of esters is 1. The molecule has 1 heterocycles. The molecule has 0 saturated heterocycles. The summed E-state index contributed by atoms with van der Waals surface area (Å²) in [4.78, 5) is 31.4. The molecule has 1 aromatic carbocycles. The molecular weight excluding hydrogens is 348 g/mol. The lowest BCUT2D eigenvalue weighted by atomic mass is 10.1. The minimum Gasteiger partial charge on any atom is -0.459 e. The molecule has 0 fully saturated rings. The second-order valence-corrected chi connectivity index (χ2v) is 8.67.